The Bertz CT molecular complexity index is 416. The van der Waals surface area contributed by atoms with Crippen LogP contribution in [0.1, 0.15) is 104 Å². The fraction of sp³-hybridized carbons (Fsp3) is 0.920. The third-order valence-electron chi connectivity index (χ3n) is 5.11. The van der Waals surface area contributed by atoms with Crippen molar-refractivity contribution in [2.24, 2.45) is 5.92 Å². The molecule has 0 fully saturated rings. The van der Waals surface area contributed by atoms with E-state index in [-0.39, 0.29) is 11.8 Å². The van der Waals surface area contributed by atoms with Crippen LogP contribution in [0.15, 0.2) is 0 Å². The van der Waals surface area contributed by atoms with Crippen molar-refractivity contribution in [3.05, 3.63) is 0 Å². The van der Waals surface area contributed by atoms with E-state index < -0.39 is 0 Å². The molecule has 0 heterocycles. The zero-order chi connectivity index (χ0) is 23.0. The molecule has 0 aromatic carbocycles. The molecule has 31 heavy (non-hydrogen) atoms. The average molecular weight is 443 g/mol. The minimum atomic E-state index is 0.0683. The smallest absolute Gasteiger partial charge is 0.220 e. The van der Waals surface area contributed by atoms with E-state index in [0.29, 0.717) is 58.3 Å². The van der Waals surface area contributed by atoms with Crippen molar-refractivity contribution in [3.8, 4) is 0 Å². The van der Waals surface area contributed by atoms with Crippen molar-refractivity contribution < 1.29 is 19.1 Å². The summed E-state index contributed by atoms with van der Waals surface area (Å²) in [5, 5.41) is 5.73. The van der Waals surface area contributed by atoms with E-state index in [0.717, 1.165) is 12.8 Å². The highest BCUT2D eigenvalue weighted by molar-refractivity contribution is 5.76. The Morgan fingerprint density at radius 2 is 1.10 bits per heavy atom. The lowest BCUT2D eigenvalue weighted by atomic mass is 10.1. The lowest BCUT2D eigenvalue weighted by Gasteiger charge is -2.09. The minimum Gasteiger partial charge on any atom is -0.377 e. The van der Waals surface area contributed by atoms with Gasteiger partial charge in [-0.3, -0.25) is 9.59 Å². The Balaban J connectivity index is 3.22. The Hall–Kier alpha value is -1.14. The molecule has 0 saturated heterocycles. The van der Waals surface area contributed by atoms with Gasteiger partial charge in [0.15, 0.2) is 0 Å². The molecule has 0 aromatic rings. The summed E-state index contributed by atoms with van der Waals surface area (Å²) < 4.78 is 10.9. The first kappa shape index (κ1) is 29.9. The van der Waals surface area contributed by atoms with Crippen LogP contribution in [0.5, 0.6) is 0 Å². The third-order valence-corrected chi connectivity index (χ3v) is 5.11. The first-order valence-corrected chi connectivity index (χ1v) is 12.7. The predicted octanol–water partition coefficient (Wildman–Crippen LogP) is 5.00. The number of ether oxygens (including phenoxy) is 2. The molecular weight excluding hydrogens is 392 g/mol. The van der Waals surface area contributed by atoms with E-state index in [1.165, 1.54) is 57.8 Å². The quantitative estimate of drug-likeness (QED) is 0.218. The maximum atomic E-state index is 11.8. The van der Waals surface area contributed by atoms with Crippen LogP contribution in [0.4, 0.5) is 0 Å². The van der Waals surface area contributed by atoms with Crippen LogP contribution in [0, 0.1) is 5.92 Å². The topological polar surface area (TPSA) is 76.7 Å². The minimum absolute atomic E-state index is 0.0683. The molecule has 0 aromatic heterocycles. The molecule has 0 aliphatic heterocycles. The molecule has 6 heteroatoms. The summed E-state index contributed by atoms with van der Waals surface area (Å²) in [6.45, 7) is 9.35. The highest BCUT2D eigenvalue weighted by Crippen LogP contribution is 2.11. The van der Waals surface area contributed by atoms with Gasteiger partial charge in [-0.2, -0.15) is 0 Å². The molecule has 2 amide bonds. The van der Waals surface area contributed by atoms with Gasteiger partial charge in [-0.25, -0.2) is 0 Å². The molecule has 2 N–H and O–H groups in total. The van der Waals surface area contributed by atoms with E-state index in [1.807, 2.05) is 13.8 Å². The van der Waals surface area contributed by atoms with Crippen molar-refractivity contribution in [3.63, 3.8) is 0 Å². The summed E-state index contributed by atoms with van der Waals surface area (Å²) in [6, 6.07) is 0. The number of nitrogens with one attached hydrogen (secondary N) is 2. The monoisotopic (exact) mass is 442 g/mol. The van der Waals surface area contributed by atoms with Gasteiger partial charge in [-0.1, -0.05) is 85.0 Å². The number of amides is 2. The van der Waals surface area contributed by atoms with Gasteiger partial charge in [0.1, 0.15) is 0 Å². The summed E-state index contributed by atoms with van der Waals surface area (Å²) in [6.07, 6.45) is 15.4. The van der Waals surface area contributed by atoms with Crippen LogP contribution < -0.4 is 10.6 Å². The van der Waals surface area contributed by atoms with E-state index in [2.05, 4.69) is 17.6 Å². The number of unbranched alkanes of at least 4 members (excludes halogenated alkanes) is 10. The first-order valence-electron chi connectivity index (χ1n) is 12.7. The van der Waals surface area contributed by atoms with Crippen LogP contribution in [0.3, 0.4) is 0 Å². The highest BCUT2D eigenvalue weighted by Gasteiger charge is 2.03. The molecule has 0 spiro atoms. The summed E-state index contributed by atoms with van der Waals surface area (Å²) in [7, 11) is 0. The van der Waals surface area contributed by atoms with E-state index in [4.69, 9.17) is 9.47 Å². The third kappa shape index (κ3) is 25.0. The van der Waals surface area contributed by atoms with Crippen LogP contribution in [-0.2, 0) is 19.1 Å². The van der Waals surface area contributed by atoms with Crippen LogP contribution in [0.2, 0.25) is 0 Å². The molecule has 0 atom stereocenters. The molecule has 0 aliphatic rings. The van der Waals surface area contributed by atoms with Crippen molar-refractivity contribution >= 4 is 11.8 Å². The molecule has 6 nitrogen and oxygen atoms in total. The van der Waals surface area contributed by atoms with Gasteiger partial charge in [-0.05, 0) is 12.3 Å². The van der Waals surface area contributed by atoms with E-state index in [9.17, 15) is 9.59 Å². The maximum absolute atomic E-state index is 11.8. The average Bonchev–Trinajstić information content (AvgIpc) is 2.72. The van der Waals surface area contributed by atoms with Crippen molar-refractivity contribution in [2.45, 2.75) is 104 Å². The lowest BCUT2D eigenvalue weighted by Crippen LogP contribution is -2.29. The van der Waals surface area contributed by atoms with Gasteiger partial charge in [0.2, 0.25) is 11.8 Å². The van der Waals surface area contributed by atoms with Crippen LogP contribution in [-0.4, -0.2) is 51.3 Å². The Morgan fingerprint density at radius 1 is 0.645 bits per heavy atom. The second-order valence-corrected chi connectivity index (χ2v) is 8.81. The molecule has 0 rings (SSSR count). The number of rotatable bonds is 23. The highest BCUT2D eigenvalue weighted by atomic mass is 16.5. The molecule has 0 radical (unpaired) electrons. The number of hydrogen-bond donors (Lipinski definition) is 2. The summed E-state index contributed by atoms with van der Waals surface area (Å²) >= 11 is 0. The normalized spacial score (nSPS) is 11.1. The van der Waals surface area contributed by atoms with Crippen molar-refractivity contribution in [1.82, 2.24) is 10.6 Å². The number of carbonyl (C=O) groups excluding carboxylic acids is 2. The summed E-state index contributed by atoms with van der Waals surface area (Å²) in [5.74, 6) is 0.557. The Labute approximate surface area is 191 Å². The molecular formula is C25H50N2O4. The van der Waals surface area contributed by atoms with E-state index in [1.54, 1.807) is 0 Å². The fourth-order valence-corrected chi connectivity index (χ4v) is 3.33. The van der Waals surface area contributed by atoms with Gasteiger partial charge >= 0.3 is 0 Å². The second kappa shape index (κ2) is 23.5. The summed E-state index contributed by atoms with van der Waals surface area (Å²) in [5.41, 5.74) is 0. The first-order chi connectivity index (χ1) is 15.1. The predicted molar refractivity (Wildman–Crippen MR) is 128 cm³/mol. The zero-order valence-corrected chi connectivity index (χ0v) is 20.6. The molecule has 184 valence electrons. The standard InChI is InChI=1S/C25H50N2O4/c1-4-5-6-7-8-9-10-11-12-13-14-15-24(28)26-16-18-30-20-21-31-19-17-27-25(29)22-23(2)3/h23H,4-22H2,1-3H3,(H,26,28)(H,27,29). The van der Waals surface area contributed by atoms with E-state index >= 15 is 0 Å². The second-order valence-electron chi connectivity index (χ2n) is 8.81. The molecule has 0 unspecified atom stereocenters. The van der Waals surface area contributed by atoms with Gasteiger partial charge in [0.25, 0.3) is 0 Å². The number of carbonyl (C=O) groups is 2. The summed E-state index contributed by atoms with van der Waals surface area (Å²) in [4.78, 5) is 23.3. The zero-order valence-electron chi connectivity index (χ0n) is 20.6. The fourth-order valence-electron chi connectivity index (χ4n) is 3.33. The van der Waals surface area contributed by atoms with Crippen molar-refractivity contribution in [2.75, 3.05) is 39.5 Å². The van der Waals surface area contributed by atoms with Gasteiger partial charge in [-0.15, -0.1) is 0 Å². The van der Waals surface area contributed by atoms with Gasteiger partial charge in [0.05, 0.1) is 26.4 Å². The van der Waals surface area contributed by atoms with Crippen molar-refractivity contribution in [1.29, 1.82) is 0 Å². The Kier molecular flexibility index (Phi) is 22.7. The molecule has 0 aliphatic carbocycles. The van der Waals surface area contributed by atoms with Gasteiger partial charge in [0, 0.05) is 25.9 Å². The lowest BCUT2D eigenvalue weighted by molar-refractivity contribution is -0.122. The molecule has 0 saturated carbocycles. The molecule has 0 bridgehead atoms. The number of hydrogen-bond acceptors (Lipinski definition) is 4. The maximum Gasteiger partial charge on any atom is 0.220 e. The van der Waals surface area contributed by atoms with Crippen LogP contribution in [0.25, 0.3) is 0 Å². The SMILES string of the molecule is CCCCCCCCCCCCCC(=O)NCCOCCOCCNC(=O)CC(C)C. The Morgan fingerprint density at radius 3 is 1.58 bits per heavy atom. The largest absolute Gasteiger partial charge is 0.377 e. The van der Waals surface area contributed by atoms with Crippen LogP contribution >= 0.6 is 0 Å². The van der Waals surface area contributed by atoms with Gasteiger partial charge < -0.3 is 20.1 Å².